The fourth-order valence-electron chi connectivity index (χ4n) is 2.40. The number of rotatable bonds is 6. The van der Waals surface area contributed by atoms with Crippen LogP contribution in [-0.2, 0) is 4.79 Å². The Hall–Kier alpha value is -0.610. The molecule has 0 aromatic rings. The number of hydrogen-bond donors (Lipinski definition) is 2. The van der Waals surface area contributed by atoms with Crippen LogP contribution in [0.4, 0.5) is 0 Å². The molecule has 0 heterocycles. The van der Waals surface area contributed by atoms with E-state index >= 15 is 0 Å². The summed E-state index contributed by atoms with van der Waals surface area (Å²) in [7, 11) is 2.03. The fourth-order valence-corrected chi connectivity index (χ4v) is 2.40. The minimum atomic E-state index is -0.809. The Labute approximate surface area is 91.4 Å². The smallest absolute Gasteiger partial charge is 0.304 e. The average molecular weight is 214 g/mol. The van der Waals surface area contributed by atoms with E-state index < -0.39 is 5.97 Å². The maximum Gasteiger partial charge on any atom is 0.304 e. The largest absolute Gasteiger partial charge is 0.481 e. The Bertz CT molecular complexity index is 203. The molecular weight excluding hydrogens is 192 g/mol. The number of carboxylic acids is 1. The van der Waals surface area contributed by atoms with Crippen LogP contribution in [0.2, 0.25) is 0 Å². The van der Waals surface area contributed by atoms with E-state index in [2.05, 4.69) is 4.90 Å². The maximum atomic E-state index is 10.4. The summed E-state index contributed by atoms with van der Waals surface area (Å²) in [6.07, 6.45) is 5.39. The molecular formula is C11H22N2O2. The van der Waals surface area contributed by atoms with Crippen LogP contribution < -0.4 is 5.73 Å². The number of carbonyl (C=O) groups is 1. The predicted molar refractivity (Wildman–Crippen MR) is 59.7 cm³/mol. The lowest BCUT2D eigenvalue weighted by Gasteiger charge is -2.23. The van der Waals surface area contributed by atoms with E-state index in [0.29, 0.717) is 6.54 Å². The van der Waals surface area contributed by atoms with Crippen molar-refractivity contribution in [3.63, 3.8) is 0 Å². The molecule has 0 amide bonds. The second-order valence-electron chi connectivity index (χ2n) is 4.73. The van der Waals surface area contributed by atoms with Gasteiger partial charge in [0.15, 0.2) is 0 Å². The molecule has 4 nitrogen and oxygen atoms in total. The summed E-state index contributed by atoms with van der Waals surface area (Å²) in [4.78, 5) is 12.6. The van der Waals surface area contributed by atoms with E-state index in [9.17, 15) is 4.79 Å². The highest BCUT2D eigenvalue weighted by Gasteiger charge is 2.18. The number of likely N-dealkylation sites (N-methyl/N-ethyl adjacent to an activating group) is 1. The van der Waals surface area contributed by atoms with Crippen molar-refractivity contribution in [1.29, 1.82) is 0 Å². The van der Waals surface area contributed by atoms with Crippen LogP contribution in [0.3, 0.4) is 0 Å². The molecule has 4 heteroatoms. The van der Waals surface area contributed by atoms with Crippen molar-refractivity contribution in [1.82, 2.24) is 4.90 Å². The highest BCUT2D eigenvalue weighted by Crippen LogP contribution is 2.25. The van der Waals surface area contributed by atoms with Gasteiger partial charge in [-0.15, -0.1) is 0 Å². The van der Waals surface area contributed by atoms with Crippen molar-refractivity contribution in [3.8, 4) is 0 Å². The van der Waals surface area contributed by atoms with Crippen molar-refractivity contribution in [2.75, 3.05) is 20.1 Å². The molecule has 0 spiro atoms. The molecule has 0 aliphatic heterocycles. The van der Waals surface area contributed by atoms with E-state index in [0.717, 1.165) is 12.5 Å². The summed E-state index contributed by atoms with van der Waals surface area (Å²) in [5, 5.41) is 8.58. The van der Waals surface area contributed by atoms with Crippen molar-refractivity contribution in [2.45, 2.75) is 38.1 Å². The van der Waals surface area contributed by atoms with Gasteiger partial charge in [-0.25, -0.2) is 0 Å². The summed E-state index contributed by atoms with van der Waals surface area (Å²) in [6.45, 7) is 1.75. The van der Waals surface area contributed by atoms with Gasteiger partial charge in [0, 0.05) is 19.1 Å². The van der Waals surface area contributed by atoms with Crippen molar-refractivity contribution < 1.29 is 9.90 Å². The topological polar surface area (TPSA) is 66.6 Å². The molecule has 1 fully saturated rings. The normalized spacial score (nSPS) is 19.7. The van der Waals surface area contributed by atoms with Crippen LogP contribution in [0.5, 0.6) is 0 Å². The third-order valence-corrected chi connectivity index (χ3v) is 3.03. The summed E-state index contributed by atoms with van der Waals surface area (Å²) in [5.74, 6) is -0.0104. The lowest BCUT2D eigenvalue weighted by atomic mass is 10.1. The molecule has 0 saturated heterocycles. The number of nitrogens with zero attached hydrogens (tertiary/aromatic N) is 1. The summed E-state index contributed by atoms with van der Waals surface area (Å²) >= 11 is 0. The second-order valence-corrected chi connectivity index (χ2v) is 4.73. The zero-order chi connectivity index (χ0) is 11.3. The van der Waals surface area contributed by atoms with Crippen LogP contribution in [0.25, 0.3) is 0 Å². The summed E-state index contributed by atoms with van der Waals surface area (Å²) in [6, 6.07) is -0.242. The van der Waals surface area contributed by atoms with Gasteiger partial charge in [0.25, 0.3) is 0 Å². The van der Waals surface area contributed by atoms with Gasteiger partial charge in [-0.05, 0) is 25.8 Å². The lowest BCUT2D eigenvalue weighted by molar-refractivity contribution is -0.137. The van der Waals surface area contributed by atoms with E-state index in [1.807, 2.05) is 7.05 Å². The lowest BCUT2D eigenvalue weighted by Crippen LogP contribution is -2.38. The molecule has 15 heavy (non-hydrogen) atoms. The maximum absolute atomic E-state index is 10.4. The van der Waals surface area contributed by atoms with Crippen LogP contribution in [-0.4, -0.2) is 42.2 Å². The molecule has 3 N–H and O–H groups in total. The zero-order valence-corrected chi connectivity index (χ0v) is 9.48. The predicted octanol–water partition coefficient (Wildman–Crippen LogP) is 0.910. The Morgan fingerprint density at radius 2 is 2.13 bits per heavy atom. The van der Waals surface area contributed by atoms with E-state index in [4.69, 9.17) is 10.8 Å². The van der Waals surface area contributed by atoms with Gasteiger partial charge in [0.1, 0.15) is 0 Å². The first-order valence-electron chi connectivity index (χ1n) is 5.74. The molecule has 0 bridgehead atoms. The fraction of sp³-hybridized carbons (Fsp3) is 0.909. The highest BCUT2D eigenvalue weighted by molar-refractivity contribution is 5.67. The number of aliphatic carboxylic acids is 1. The Balaban J connectivity index is 2.16. The van der Waals surface area contributed by atoms with Gasteiger partial charge in [0.2, 0.25) is 0 Å². The molecule has 0 aromatic carbocycles. The van der Waals surface area contributed by atoms with Gasteiger partial charge >= 0.3 is 5.97 Å². The van der Waals surface area contributed by atoms with Gasteiger partial charge in [-0.2, -0.15) is 0 Å². The number of nitrogens with two attached hydrogens (primary N) is 1. The van der Waals surface area contributed by atoms with Crippen molar-refractivity contribution >= 4 is 5.97 Å². The van der Waals surface area contributed by atoms with Crippen LogP contribution in [0.1, 0.15) is 32.1 Å². The minimum Gasteiger partial charge on any atom is -0.481 e. The molecule has 0 aromatic heterocycles. The first kappa shape index (κ1) is 12.5. The standard InChI is InChI=1S/C11H22N2O2/c1-13(7-9-4-2-3-5-9)8-10(12)6-11(14)15/h9-10H,2-8,12H2,1H3,(H,14,15). The van der Waals surface area contributed by atoms with Crippen LogP contribution in [0, 0.1) is 5.92 Å². The molecule has 1 saturated carbocycles. The van der Waals surface area contributed by atoms with E-state index in [1.54, 1.807) is 0 Å². The van der Waals surface area contributed by atoms with Gasteiger partial charge in [0.05, 0.1) is 6.42 Å². The Morgan fingerprint density at radius 3 is 2.67 bits per heavy atom. The zero-order valence-electron chi connectivity index (χ0n) is 9.48. The molecule has 1 rings (SSSR count). The first-order valence-corrected chi connectivity index (χ1v) is 5.74. The van der Waals surface area contributed by atoms with E-state index in [1.165, 1.54) is 25.7 Å². The van der Waals surface area contributed by atoms with Crippen LogP contribution in [0.15, 0.2) is 0 Å². The number of hydrogen-bond acceptors (Lipinski definition) is 3. The SMILES string of the molecule is CN(CC(N)CC(=O)O)CC1CCCC1. The van der Waals surface area contributed by atoms with Crippen molar-refractivity contribution in [2.24, 2.45) is 11.7 Å². The monoisotopic (exact) mass is 214 g/mol. The molecule has 1 aliphatic carbocycles. The molecule has 1 aliphatic rings. The number of carboxylic acid groups (broad SMARTS) is 1. The summed E-state index contributed by atoms with van der Waals surface area (Å²) < 4.78 is 0. The Kier molecular flexibility index (Phi) is 5.05. The third-order valence-electron chi connectivity index (χ3n) is 3.03. The van der Waals surface area contributed by atoms with Gasteiger partial charge < -0.3 is 15.7 Å². The second kappa shape index (κ2) is 6.08. The van der Waals surface area contributed by atoms with Gasteiger partial charge in [-0.1, -0.05) is 12.8 Å². The summed E-state index contributed by atoms with van der Waals surface area (Å²) in [5.41, 5.74) is 5.73. The van der Waals surface area contributed by atoms with E-state index in [-0.39, 0.29) is 12.5 Å². The quantitative estimate of drug-likeness (QED) is 0.689. The Morgan fingerprint density at radius 1 is 1.53 bits per heavy atom. The van der Waals surface area contributed by atoms with Crippen molar-refractivity contribution in [3.05, 3.63) is 0 Å². The van der Waals surface area contributed by atoms with Crippen LogP contribution >= 0.6 is 0 Å². The third kappa shape index (κ3) is 5.14. The molecule has 0 radical (unpaired) electrons. The molecule has 1 unspecified atom stereocenters. The van der Waals surface area contributed by atoms with Gasteiger partial charge in [-0.3, -0.25) is 4.79 Å². The first-order chi connectivity index (χ1) is 7.08. The minimum absolute atomic E-state index is 0.0645. The average Bonchev–Trinajstić information content (AvgIpc) is 2.53. The molecule has 88 valence electrons. The molecule has 1 atom stereocenters. The highest BCUT2D eigenvalue weighted by atomic mass is 16.4.